The van der Waals surface area contributed by atoms with E-state index in [-0.39, 0.29) is 11.3 Å². The van der Waals surface area contributed by atoms with Crippen LogP contribution in [0.4, 0.5) is 0 Å². The molecule has 0 aliphatic rings. The number of aldehydes is 1. The van der Waals surface area contributed by atoms with E-state index in [4.69, 9.17) is 0 Å². The van der Waals surface area contributed by atoms with Crippen LogP contribution in [0.25, 0.3) is 11.6 Å². The highest BCUT2D eigenvalue weighted by atomic mass is 32.1. The van der Waals surface area contributed by atoms with Crippen molar-refractivity contribution in [2.75, 3.05) is 0 Å². The molecule has 0 amide bonds. The lowest BCUT2D eigenvalue weighted by molar-refractivity contribution is -0.109. The summed E-state index contributed by atoms with van der Waals surface area (Å²) >= 11 is 1.69. The van der Waals surface area contributed by atoms with Gasteiger partial charge in [0.15, 0.2) is 0 Å². The van der Waals surface area contributed by atoms with Crippen molar-refractivity contribution in [2.24, 2.45) is 5.92 Å². The third-order valence-electron chi connectivity index (χ3n) is 3.62. The Bertz CT molecular complexity index is 613. The van der Waals surface area contributed by atoms with Gasteiger partial charge in [-0.1, -0.05) is 58.0 Å². The van der Waals surface area contributed by atoms with Gasteiger partial charge in [-0.15, -0.1) is 11.3 Å². The molecule has 21 heavy (non-hydrogen) atoms. The predicted molar refractivity (Wildman–Crippen MR) is 92.6 cm³/mol. The van der Waals surface area contributed by atoms with Crippen LogP contribution >= 0.6 is 11.3 Å². The summed E-state index contributed by atoms with van der Waals surface area (Å²) in [6.07, 6.45) is 3.13. The normalized spacial score (nSPS) is 14.0. The first-order valence-electron chi connectivity index (χ1n) is 7.23. The minimum Gasteiger partial charge on any atom is -0.303 e. The number of hydrogen-bond donors (Lipinski definition) is 0. The van der Waals surface area contributed by atoms with Crippen molar-refractivity contribution >= 4 is 29.3 Å². The van der Waals surface area contributed by atoms with E-state index in [9.17, 15) is 4.79 Å². The van der Waals surface area contributed by atoms with Crippen LogP contribution in [0.2, 0.25) is 0 Å². The van der Waals surface area contributed by atoms with Crippen LogP contribution in [0, 0.1) is 5.92 Å². The second-order valence-corrected chi connectivity index (χ2v) is 7.35. The maximum absolute atomic E-state index is 11.2. The van der Waals surface area contributed by atoms with Crippen LogP contribution in [0.15, 0.2) is 41.8 Å². The van der Waals surface area contributed by atoms with E-state index in [2.05, 4.69) is 62.6 Å². The predicted octanol–water partition coefficient (Wildman–Crippen LogP) is 5.42. The number of allylic oxidation sites excluding steroid dienone is 1. The zero-order valence-corrected chi connectivity index (χ0v) is 13.9. The zero-order chi connectivity index (χ0) is 15.5. The Morgan fingerprint density at radius 3 is 2.29 bits per heavy atom. The van der Waals surface area contributed by atoms with Crippen LogP contribution in [0.1, 0.15) is 43.7 Å². The molecule has 0 fully saturated rings. The molecule has 2 aromatic rings. The van der Waals surface area contributed by atoms with Gasteiger partial charge in [0, 0.05) is 10.8 Å². The largest absolute Gasteiger partial charge is 0.303 e. The van der Waals surface area contributed by atoms with Crippen molar-refractivity contribution in [1.29, 1.82) is 0 Å². The molecule has 1 atom stereocenters. The van der Waals surface area contributed by atoms with Gasteiger partial charge in [0.05, 0.1) is 0 Å². The third kappa shape index (κ3) is 3.92. The Kier molecular flexibility index (Phi) is 4.79. The van der Waals surface area contributed by atoms with Gasteiger partial charge in [0.1, 0.15) is 6.29 Å². The van der Waals surface area contributed by atoms with E-state index >= 15 is 0 Å². The lowest BCUT2D eigenvalue weighted by Crippen LogP contribution is -2.11. The summed E-state index contributed by atoms with van der Waals surface area (Å²) in [7, 11) is 0. The van der Waals surface area contributed by atoms with E-state index in [1.165, 1.54) is 10.4 Å². The third-order valence-corrected chi connectivity index (χ3v) is 4.44. The van der Waals surface area contributed by atoms with Crippen molar-refractivity contribution in [1.82, 2.24) is 0 Å². The zero-order valence-electron chi connectivity index (χ0n) is 13.1. The average Bonchev–Trinajstić information content (AvgIpc) is 2.96. The van der Waals surface area contributed by atoms with Crippen molar-refractivity contribution in [3.8, 4) is 0 Å². The molecule has 0 spiro atoms. The van der Waals surface area contributed by atoms with Gasteiger partial charge in [-0.05, 0) is 39.6 Å². The smallest absolute Gasteiger partial charge is 0.127 e. The monoisotopic (exact) mass is 298 g/mol. The molecule has 0 aliphatic heterocycles. The van der Waals surface area contributed by atoms with E-state index < -0.39 is 0 Å². The molecule has 110 valence electrons. The highest BCUT2D eigenvalue weighted by Crippen LogP contribution is 2.29. The van der Waals surface area contributed by atoms with E-state index in [1.807, 2.05) is 13.0 Å². The van der Waals surface area contributed by atoms with Gasteiger partial charge in [-0.25, -0.2) is 0 Å². The fourth-order valence-electron chi connectivity index (χ4n) is 2.24. The molecular formula is C19H22OS. The lowest BCUT2D eigenvalue weighted by atomic mass is 9.85. The SMILES string of the molecule is CC(C=O)C(=Cc1cccs1)c1ccc(C(C)(C)C)cc1. The molecule has 1 aromatic carbocycles. The molecule has 1 heterocycles. The van der Waals surface area contributed by atoms with E-state index in [1.54, 1.807) is 11.3 Å². The maximum Gasteiger partial charge on any atom is 0.127 e. The highest BCUT2D eigenvalue weighted by Gasteiger charge is 2.15. The van der Waals surface area contributed by atoms with Crippen molar-refractivity contribution in [3.05, 3.63) is 57.8 Å². The maximum atomic E-state index is 11.2. The second kappa shape index (κ2) is 6.40. The van der Waals surface area contributed by atoms with Crippen LogP contribution in [-0.4, -0.2) is 6.29 Å². The molecule has 0 aliphatic carbocycles. The Morgan fingerprint density at radius 1 is 1.14 bits per heavy atom. The lowest BCUT2D eigenvalue weighted by Gasteiger charge is -2.20. The molecule has 1 aromatic heterocycles. The minimum atomic E-state index is -0.104. The molecular weight excluding hydrogens is 276 g/mol. The fraction of sp³-hybridized carbons (Fsp3) is 0.316. The Morgan fingerprint density at radius 2 is 1.81 bits per heavy atom. The first-order valence-corrected chi connectivity index (χ1v) is 8.11. The number of carbonyl (C=O) groups is 1. The molecule has 0 N–H and O–H groups in total. The van der Waals surface area contributed by atoms with Crippen LogP contribution in [-0.2, 0) is 10.2 Å². The number of rotatable bonds is 4. The summed E-state index contributed by atoms with van der Waals surface area (Å²) in [6.45, 7) is 8.57. The summed E-state index contributed by atoms with van der Waals surface area (Å²) < 4.78 is 0. The van der Waals surface area contributed by atoms with Gasteiger partial charge in [-0.3, -0.25) is 0 Å². The summed E-state index contributed by atoms with van der Waals surface area (Å²) in [4.78, 5) is 12.4. The first kappa shape index (κ1) is 15.7. The highest BCUT2D eigenvalue weighted by molar-refractivity contribution is 7.10. The number of hydrogen-bond acceptors (Lipinski definition) is 2. The first-order chi connectivity index (χ1) is 9.91. The molecule has 0 radical (unpaired) electrons. The molecule has 0 saturated carbocycles. The fourth-order valence-corrected chi connectivity index (χ4v) is 2.91. The van der Waals surface area contributed by atoms with Crippen molar-refractivity contribution < 1.29 is 4.79 Å². The Hall–Kier alpha value is -1.67. The Labute approximate surface area is 131 Å². The summed E-state index contributed by atoms with van der Waals surface area (Å²) in [5, 5.41) is 2.05. The quantitative estimate of drug-likeness (QED) is 0.689. The average molecular weight is 298 g/mol. The van der Waals surface area contributed by atoms with Crippen LogP contribution in [0.3, 0.4) is 0 Å². The standard InChI is InChI=1S/C19H22OS/c1-14(13-20)18(12-17-6-5-11-21-17)15-7-9-16(10-8-15)19(2,3)4/h5-14H,1-4H3. The number of carbonyl (C=O) groups excluding carboxylic acids is 1. The van der Waals surface area contributed by atoms with Gasteiger partial charge in [0.25, 0.3) is 0 Å². The van der Waals surface area contributed by atoms with Crippen molar-refractivity contribution in [3.63, 3.8) is 0 Å². The Balaban J connectivity index is 2.40. The number of thiophene rings is 1. The van der Waals surface area contributed by atoms with E-state index in [0.717, 1.165) is 17.4 Å². The number of benzene rings is 1. The summed E-state index contributed by atoms with van der Waals surface area (Å²) in [6, 6.07) is 12.7. The van der Waals surface area contributed by atoms with E-state index in [0.29, 0.717) is 0 Å². The van der Waals surface area contributed by atoms with Gasteiger partial charge >= 0.3 is 0 Å². The van der Waals surface area contributed by atoms with Crippen molar-refractivity contribution in [2.45, 2.75) is 33.1 Å². The van der Waals surface area contributed by atoms with Gasteiger partial charge < -0.3 is 4.79 Å². The molecule has 1 unspecified atom stereocenters. The summed E-state index contributed by atoms with van der Waals surface area (Å²) in [5.74, 6) is -0.104. The van der Waals surface area contributed by atoms with Gasteiger partial charge in [-0.2, -0.15) is 0 Å². The van der Waals surface area contributed by atoms with Crippen LogP contribution < -0.4 is 0 Å². The second-order valence-electron chi connectivity index (χ2n) is 6.37. The molecule has 1 nitrogen and oxygen atoms in total. The molecule has 0 saturated heterocycles. The topological polar surface area (TPSA) is 17.1 Å². The minimum absolute atomic E-state index is 0.104. The van der Waals surface area contributed by atoms with Crippen LogP contribution in [0.5, 0.6) is 0 Å². The summed E-state index contributed by atoms with van der Waals surface area (Å²) in [5.41, 5.74) is 3.65. The molecule has 2 rings (SSSR count). The molecule has 0 bridgehead atoms. The van der Waals surface area contributed by atoms with Gasteiger partial charge in [0.2, 0.25) is 0 Å². The molecule has 2 heteroatoms.